The number of carbonyl (C=O) groups is 2. The number of thioether (sulfide) groups is 1. The lowest BCUT2D eigenvalue weighted by atomic mass is 10.2. The molecule has 8 heteroatoms. The molecule has 5 nitrogen and oxygen atoms in total. The van der Waals surface area contributed by atoms with E-state index in [-0.39, 0.29) is 17.3 Å². The second-order valence-electron chi connectivity index (χ2n) is 6.13. The quantitative estimate of drug-likeness (QED) is 0.485. The summed E-state index contributed by atoms with van der Waals surface area (Å²) in [5.74, 6) is -1.82. The van der Waals surface area contributed by atoms with E-state index in [0.717, 1.165) is 11.8 Å². The first-order valence-electron chi connectivity index (χ1n) is 8.49. The van der Waals surface area contributed by atoms with Crippen LogP contribution >= 0.6 is 24.0 Å². The molecule has 0 unspecified atom stereocenters. The van der Waals surface area contributed by atoms with Gasteiger partial charge in [0.1, 0.15) is 5.82 Å². The maximum atomic E-state index is 14.2. The Morgan fingerprint density at radius 3 is 2.66 bits per heavy atom. The van der Waals surface area contributed by atoms with Crippen molar-refractivity contribution in [1.82, 2.24) is 4.57 Å². The third-order valence-corrected chi connectivity index (χ3v) is 5.62. The molecule has 0 bridgehead atoms. The lowest BCUT2D eigenvalue weighted by Gasteiger charge is -2.14. The topological polar surface area (TPSA) is 62.5 Å². The second-order valence-corrected chi connectivity index (χ2v) is 7.80. The maximum Gasteiger partial charge on any atom is 0.335 e. The molecular weight excluding hydrogens is 411 g/mol. The SMILES string of the molecule is O=C(O)c1cccc(N2C(=O)C(=Cc3cccn3-c3ccccc3F)SC2=S)c1. The van der Waals surface area contributed by atoms with E-state index in [9.17, 15) is 19.1 Å². The largest absolute Gasteiger partial charge is 0.478 e. The number of carbonyl (C=O) groups excluding carboxylic acids is 1. The fourth-order valence-corrected chi connectivity index (χ4v) is 4.26. The zero-order valence-corrected chi connectivity index (χ0v) is 16.4. The van der Waals surface area contributed by atoms with Crippen molar-refractivity contribution in [2.45, 2.75) is 0 Å². The maximum absolute atomic E-state index is 14.2. The number of amides is 1. The fourth-order valence-electron chi connectivity index (χ4n) is 2.98. The summed E-state index contributed by atoms with van der Waals surface area (Å²) in [5, 5.41) is 9.18. The van der Waals surface area contributed by atoms with E-state index in [1.54, 1.807) is 59.3 Å². The summed E-state index contributed by atoms with van der Waals surface area (Å²) < 4.78 is 16.1. The van der Waals surface area contributed by atoms with Gasteiger partial charge in [-0.05, 0) is 48.5 Å². The van der Waals surface area contributed by atoms with Crippen LogP contribution in [-0.4, -0.2) is 25.9 Å². The normalized spacial score (nSPS) is 15.3. The van der Waals surface area contributed by atoms with Crippen molar-refractivity contribution >= 4 is 51.9 Å². The first kappa shape index (κ1) is 19.1. The molecule has 1 aliphatic heterocycles. The smallest absolute Gasteiger partial charge is 0.335 e. The number of aromatic nitrogens is 1. The molecule has 144 valence electrons. The lowest BCUT2D eigenvalue weighted by Crippen LogP contribution is -2.27. The highest BCUT2D eigenvalue weighted by Gasteiger charge is 2.33. The molecule has 0 saturated carbocycles. The Morgan fingerprint density at radius 2 is 1.90 bits per heavy atom. The fraction of sp³-hybridized carbons (Fsp3) is 0. The molecule has 1 fully saturated rings. The van der Waals surface area contributed by atoms with Crippen LogP contribution in [0.1, 0.15) is 16.1 Å². The van der Waals surface area contributed by atoms with Crippen LogP contribution in [-0.2, 0) is 4.79 Å². The van der Waals surface area contributed by atoms with E-state index >= 15 is 0 Å². The molecule has 0 radical (unpaired) electrons. The lowest BCUT2D eigenvalue weighted by molar-refractivity contribution is -0.113. The van der Waals surface area contributed by atoms with Gasteiger partial charge in [0.25, 0.3) is 5.91 Å². The van der Waals surface area contributed by atoms with E-state index in [1.165, 1.54) is 23.1 Å². The van der Waals surface area contributed by atoms with E-state index in [1.807, 2.05) is 0 Å². The standard InChI is InChI=1S/C21H13FN2O3S2/c22-16-8-1-2-9-17(16)23-10-4-7-14(23)12-18-19(25)24(21(28)29-18)15-6-3-5-13(11-15)20(26)27/h1-12H,(H,26,27). The molecular formula is C21H13FN2O3S2. The van der Waals surface area contributed by atoms with Crippen LogP contribution in [0, 0.1) is 5.82 Å². The Hall–Kier alpha value is -3.23. The van der Waals surface area contributed by atoms with Crippen LogP contribution in [0.5, 0.6) is 0 Å². The number of rotatable bonds is 4. The Morgan fingerprint density at radius 1 is 1.10 bits per heavy atom. The minimum absolute atomic E-state index is 0.0639. The Bertz CT molecular complexity index is 1190. The molecule has 0 spiro atoms. The summed E-state index contributed by atoms with van der Waals surface area (Å²) in [6.07, 6.45) is 3.36. The van der Waals surface area contributed by atoms with E-state index < -0.39 is 5.97 Å². The van der Waals surface area contributed by atoms with Gasteiger partial charge in [0, 0.05) is 11.9 Å². The van der Waals surface area contributed by atoms with E-state index in [2.05, 4.69) is 0 Å². The highest BCUT2D eigenvalue weighted by atomic mass is 32.2. The number of thiocarbonyl (C=S) groups is 1. The number of carboxylic acids is 1. The molecule has 1 N–H and O–H groups in total. The first-order valence-corrected chi connectivity index (χ1v) is 9.72. The summed E-state index contributed by atoms with van der Waals surface area (Å²) >= 11 is 6.45. The van der Waals surface area contributed by atoms with E-state index in [4.69, 9.17) is 12.2 Å². The van der Waals surface area contributed by atoms with Crippen LogP contribution in [0.3, 0.4) is 0 Å². The summed E-state index contributed by atoms with van der Waals surface area (Å²) in [5.41, 5.74) is 1.44. The van der Waals surface area contributed by atoms with Crippen LogP contribution < -0.4 is 4.90 Å². The molecule has 3 aromatic rings. The highest BCUT2D eigenvalue weighted by Crippen LogP contribution is 2.36. The highest BCUT2D eigenvalue weighted by molar-refractivity contribution is 8.27. The molecule has 1 saturated heterocycles. The van der Waals surface area contributed by atoms with Crippen molar-refractivity contribution in [3.63, 3.8) is 0 Å². The first-order chi connectivity index (χ1) is 14.0. The van der Waals surface area contributed by atoms with Gasteiger partial charge in [0.2, 0.25) is 0 Å². The minimum Gasteiger partial charge on any atom is -0.478 e. The Labute approximate surface area is 175 Å². The minimum atomic E-state index is -1.09. The Kier molecular flexibility index (Phi) is 5.04. The summed E-state index contributed by atoms with van der Waals surface area (Å²) in [7, 11) is 0. The number of para-hydroxylation sites is 1. The molecule has 1 amide bonds. The number of hydrogen-bond acceptors (Lipinski definition) is 4. The van der Waals surface area contributed by atoms with Crippen molar-refractivity contribution in [1.29, 1.82) is 0 Å². The predicted molar refractivity (Wildman–Crippen MR) is 115 cm³/mol. The average molecular weight is 424 g/mol. The van der Waals surface area contributed by atoms with Gasteiger partial charge in [-0.2, -0.15) is 0 Å². The third kappa shape index (κ3) is 3.59. The molecule has 1 aliphatic rings. The van der Waals surface area contributed by atoms with Crippen molar-refractivity contribution in [2.24, 2.45) is 0 Å². The van der Waals surface area contributed by atoms with Crippen LogP contribution in [0.15, 0.2) is 71.8 Å². The number of nitrogens with zero attached hydrogens (tertiary/aromatic N) is 2. The summed E-state index contributed by atoms with van der Waals surface area (Å²) in [6.45, 7) is 0. The number of benzene rings is 2. The number of anilines is 1. The molecule has 1 aromatic heterocycles. The number of hydrogen-bond donors (Lipinski definition) is 1. The van der Waals surface area contributed by atoms with Crippen molar-refractivity contribution in [3.8, 4) is 5.69 Å². The molecule has 2 heterocycles. The van der Waals surface area contributed by atoms with Gasteiger partial charge >= 0.3 is 5.97 Å². The van der Waals surface area contributed by atoms with Crippen LogP contribution in [0.4, 0.5) is 10.1 Å². The molecule has 2 aromatic carbocycles. The second kappa shape index (κ2) is 7.65. The van der Waals surface area contributed by atoms with Crippen LogP contribution in [0.25, 0.3) is 11.8 Å². The van der Waals surface area contributed by atoms with Gasteiger partial charge in [0.15, 0.2) is 4.32 Å². The third-order valence-electron chi connectivity index (χ3n) is 4.32. The predicted octanol–water partition coefficient (Wildman–Crippen LogP) is 4.72. The number of aromatic carboxylic acids is 1. The van der Waals surface area contributed by atoms with Gasteiger partial charge in [-0.1, -0.05) is 42.2 Å². The molecule has 0 aliphatic carbocycles. The monoisotopic (exact) mass is 424 g/mol. The van der Waals surface area contributed by atoms with Crippen LogP contribution in [0.2, 0.25) is 0 Å². The zero-order valence-electron chi connectivity index (χ0n) is 14.8. The molecule has 4 rings (SSSR count). The Balaban J connectivity index is 1.70. The summed E-state index contributed by atoms with van der Waals surface area (Å²) in [4.78, 5) is 25.8. The van der Waals surface area contributed by atoms with E-state index in [0.29, 0.717) is 26.3 Å². The van der Waals surface area contributed by atoms with Gasteiger partial charge < -0.3 is 9.67 Å². The van der Waals surface area contributed by atoms with Crippen molar-refractivity contribution in [2.75, 3.05) is 4.90 Å². The summed E-state index contributed by atoms with van der Waals surface area (Å²) in [6, 6.07) is 15.9. The van der Waals surface area contributed by atoms with Crippen molar-refractivity contribution < 1.29 is 19.1 Å². The van der Waals surface area contributed by atoms with Gasteiger partial charge in [-0.25, -0.2) is 9.18 Å². The molecule has 29 heavy (non-hydrogen) atoms. The van der Waals surface area contributed by atoms with Gasteiger partial charge in [0.05, 0.1) is 21.8 Å². The van der Waals surface area contributed by atoms with Gasteiger partial charge in [-0.3, -0.25) is 9.69 Å². The van der Waals surface area contributed by atoms with Gasteiger partial charge in [-0.15, -0.1) is 0 Å². The van der Waals surface area contributed by atoms with Crippen molar-refractivity contribution in [3.05, 3.63) is 88.8 Å². The zero-order chi connectivity index (χ0) is 20.5. The number of carboxylic acid groups (broad SMARTS) is 1. The average Bonchev–Trinajstić information content (AvgIpc) is 3.26. The molecule has 0 atom stereocenters. The number of halogens is 1.